The van der Waals surface area contributed by atoms with Crippen LogP contribution in [0.4, 0.5) is 30.5 Å². The molecule has 5 nitrogen and oxygen atoms in total. The first-order chi connectivity index (χ1) is 11.2. The van der Waals surface area contributed by atoms with E-state index in [4.69, 9.17) is 4.42 Å². The highest BCUT2D eigenvalue weighted by atomic mass is 19.2. The number of hydrogen-bond acceptors (Lipinski definition) is 5. The molecule has 0 radical (unpaired) electrons. The highest BCUT2D eigenvalue weighted by Gasteiger charge is 2.20. The van der Waals surface area contributed by atoms with Crippen molar-refractivity contribution >= 4 is 28.0 Å². The first kappa shape index (κ1) is 14.8. The Kier molecular flexibility index (Phi) is 3.80. The lowest BCUT2D eigenvalue weighted by Gasteiger charge is -2.11. The predicted molar refractivity (Wildman–Crippen MR) is 82.1 cm³/mol. The Balaban J connectivity index is 2.41. The molecule has 8 heteroatoms. The maximum atomic E-state index is 13.2. The Morgan fingerprint density at radius 2 is 1.52 bits per heavy atom. The minimum Gasteiger partial charge on any atom is -0.453 e. The van der Waals surface area contributed by atoms with Crippen LogP contribution in [0, 0.1) is 0 Å². The maximum absolute atomic E-state index is 13.2. The Labute approximate surface area is 127 Å². The molecule has 1 heterocycles. The summed E-state index contributed by atoms with van der Waals surface area (Å²) in [6, 6.07) is 10.8. The van der Waals surface area contributed by atoms with Crippen LogP contribution in [0.2, 0.25) is 0 Å². The summed E-state index contributed by atoms with van der Waals surface area (Å²) in [7, 11) is 0. The molecule has 1 aromatic heterocycles. The Morgan fingerprint density at radius 3 is 2.13 bits per heavy atom. The van der Waals surface area contributed by atoms with Crippen molar-refractivity contribution < 1.29 is 17.9 Å². The summed E-state index contributed by atoms with van der Waals surface area (Å²) in [6.45, 7) is 0. The molecule has 0 saturated carbocycles. The highest BCUT2D eigenvalue weighted by Crippen LogP contribution is 2.35. The van der Waals surface area contributed by atoms with Gasteiger partial charge in [-0.25, -0.2) is 16.6 Å². The zero-order valence-electron chi connectivity index (χ0n) is 11.5. The highest BCUT2D eigenvalue weighted by molar-refractivity contribution is 5.99. The third-order valence-corrected chi connectivity index (χ3v) is 3.39. The van der Waals surface area contributed by atoms with E-state index in [-0.39, 0.29) is 22.4 Å². The van der Waals surface area contributed by atoms with Crippen LogP contribution in [0.15, 0.2) is 51.7 Å². The largest absolute Gasteiger partial charge is 0.453 e. The van der Waals surface area contributed by atoms with Gasteiger partial charge in [0.25, 0.3) is 0 Å². The van der Waals surface area contributed by atoms with Crippen LogP contribution in [-0.4, -0.2) is 0 Å². The summed E-state index contributed by atoms with van der Waals surface area (Å²) in [5.74, 6) is -0.0450. The lowest BCUT2D eigenvalue weighted by Crippen LogP contribution is -2.10. The quantitative estimate of drug-likeness (QED) is 0.624. The van der Waals surface area contributed by atoms with Crippen molar-refractivity contribution in [3.8, 4) is 11.3 Å². The number of hydrogen-bond donors (Lipinski definition) is 3. The SMILES string of the molecule is O=c1c(NF)c(-c2ccccc2)oc2ccc(NF)c(NF)c12. The Bertz CT molecular complexity index is 913. The zero-order chi connectivity index (χ0) is 16.4. The van der Waals surface area contributed by atoms with Crippen molar-refractivity contribution in [3.05, 3.63) is 52.7 Å². The number of nitrogens with one attached hydrogen (secondary N) is 3. The van der Waals surface area contributed by atoms with Gasteiger partial charge >= 0.3 is 0 Å². The van der Waals surface area contributed by atoms with Gasteiger partial charge in [0.1, 0.15) is 11.3 Å². The van der Waals surface area contributed by atoms with Crippen molar-refractivity contribution in [2.75, 3.05) is 16.6 Å². The van der Waals surface area contributed by atoms with Gasteiger partial charge in [0.2, 0.25) is 5.43 Å². The molecule has 0 aliphatic rings. The molecule has 0 atom stereocenters. The van der Waals surface area contributed by atoms with Crippen LogP contribution in [0.25, 0.3) is 22.3 Å². The molecule has 0 fully saturated rings. The van der Waals surface area contributed by atoms with Gasteiger partial charge in [0, 0.05) is 5.56 Å². The van der Waals surface area contributed by atoms with Crippen LogP contribution in [0.5, 0.6) is 0 Å². The summed E-state index contributed by atoms with van der Waals surface area (Å²) in [5.41, 5.74) is 2.02. The summed E-state index contributed by atoms with van der Waals surface area (Å²) in [4.78, 5) is 12.5. The average molecular weight is 321 g/mol. The van der Waals surface area contributed by atoms with Crippen LogP contribution in [-0.2, 0) is 0 Å². The fourth-order valence-electron chi connectivity index (χ4n) is 2.34. The van der Waals surface area contributed by atoms with E-state index < -0.39 is 16.8 Å². The van der Waals surface area contributed by atoms with Gasteiger partial charge < -0.3 is 4.42 Å². The molecule has 0 aliphatic carbocycles. The average Bonchev–Trinajstić information content (AvgIpc) is 2.61. The first-order valence-electron chi connectivity index (χ1n) is 6.50. The Hall–Kier alpha value is -3.16. The summed E-state index contributed by atoms with van der Waals surface area (Å²) >= 11 is 0. The lowest BCUT2D eigenvalue weighted by atomic mass is 10.1. The molecule has 0 unspecified atom stereocenters. The molecular formula is C15H10F3N3O2. The fraction of sp³-hybridized carbons (Fsp3) is 0. The number of benzene rings is 2. The molecule has 3 N–H and O–H groups in total. The van der Waals surface area contributed by atoms with Crippen molar-refractivity contribution in [1.29, 1.82) is 0 Å². The van der Waals surface area contributed by atoms with E-state index in [9.17, 15) is 18.2 Å². The number of halogens is 3. The van der Waals surface area contributed by atoms with Gasteiger partial charge in [-0.15, -0.1) is 13.4 Å². The summed E-state index contributed by atoms with van der Waals surface area (Å²) in [6.07, 6.45) is 0. The normalized spacial score (nSPS) is 10.6. The second-order valence-electron chi connectivity index (χ2n) is 4.65. The molecule has 2 aromatic carbocycles. The summed E-state index contributed by atoms with van der Waals surface area (Å²) < 4.78 is 44.4. The Morgan fingerprint density at radius 1 is 0.826 bits per heavy atom. The summed E-state index contributed by atoms with van der Waals surface area (Å²) in [5, 5.41) is -0.324. The zero-order valence-corrected chi connectivity index (χ0v) is 11.5. The van der Waals surface area contributed by atoms with Crippen LogP contribution >= 0.6 is 0 Å². The van der Waals surface area contributed by atoms with Gasteiger partial charge in [-0.05, 0) is 12.1 Å². The molecule has 23 heavy (non-hydrogen) atoms. The minimum absolute atomic E-state index is 0.0213. The number of anilines is 3. The van der Waals surface area contributed by atoms with E-state index in [0.29, 0.717) is 5.56 Å². The second-order valence-corrected chi connectivity index (χ2v) is 4.65. The maximum Gasteiger partial charge on any atom is 0.221 e. The van der Waals surface area contributed by atoms with Crippen LogP contribution < -0.4 is 22.0 Å². The van der Waals surface area contributed by atoms with E-state index in [1.165, 1.54) is 28.7 Å². The fourth-order valence-corrected chi connectivity index (χ4v) is 2.34. The molecule has 0 amide bonds. The monoisotopic (exact) mass is 321 g/mol. The van der Waals surface area contributed by atoms with Gasteiger partial charge in [0.15, 0.2) is 11.4 Å². The van der Waals surface area contributed by atoms with E-state index in [1.54, 1.807) is 30.3 Å². The third-order valence-electron chi connectivity index (χ3n) is 3.39. The van der Waals surface area contributed by atoms with Gasteiger partial charge in [0.05, 0.1) is 11.1 Å². The van der Waals surface area contributed by atoms with E-state index in [2.05, 4.69) is 0 Å². The molecule has 118 valence electrons. The van der Waals surface area contributed by atoms with Crippen LogP contribution in [0.1, 0.15) is 0 Å². The first-order valence-corrected chi connectivity index (χ1v) is 6.50. The second kappa shape index (κ2) is 5.91. The van der Waals surface area contributed by atoms with Crippen molar-refractivity contribution in [1.82, 2.24) is 0 Å². The molecule has 0 bridgehead atoms. The molecule has 0 saturated heterocycles. The van der Waals surface area contributed by atoms with E-state index >= 15 is 0 Å². The van der Waals surface area contributed by atoms with Crippen molar-refractivity contribution in [2.45, 2.75) is 0 Å². The molecule has 0 spiro atoms. The third kappa shape index (κ3) is 2.33. The predicted octanol–water partition coefficient (Wildman–Crippen LogP) is 4.35. The van der Waals surface area contributed by atoms with E-state index in [0.717, 1.165) is 0 Å². The molecule has 3 aromatic rings. The standard InChI is InChI=1S/C15H10F3N3O2/c16-19-9-6-7-10-11(12(9)20-17)14(22)13(21-18)15(23-10)8-4-2-1-3-5-8/h1-7,19-21H. The van der Waals surface area contributed by atoms with Crippen LogP contribution in [0.3, 0.4) is 0 Å². The molecule has 0 aliphatic heterocycles. The van der Waals surface area contributed by atoms with Crippen molar-refractivity contribution in [2.24, 2.45) is 0 Å². The van der Waals surface area contributed by atoms with Gasteiger partial charge in [-0.2, -0.15) is 0 Å². The van der Waals surface area contributed by atoms with Crippen molar-refractivity contribution in [3.63, 3.8) is 0 Å². The smallest absolute Gasteiger partial charge is 0.221 e. The number of fused-ring (bicyclic) bond motifs is 1. The molecular weight excluding hydrogens is 311 g/mol. The number of rotatable bonds is 4. The lowest BCUT2D eigenvalue weighted by molar-refractivity contribution is 0.585. The molecule has 3 rings (SSSR count). The van der Waals surface area contributed by atoms with Gasteiger partial charge in [-0.3, -0.25) is 4.79 Å². The topological polar surface area (TPSA) is 66.3 Å². The minimum atomic E-state index is -0.871. The van der Waals surface area contributed by atoms with Gasteiger partial charge in [-0.1, -0.05) is 30.3 Å². The van der Waals surface area contributed by atoms with E-state index in [1.807, 2.05) is 0 Å².